The van der Waals surface area contributed by atoms with E-state index in [-0.39, 0.29) is 12.7 Å². The second kappa shape index (κ2) is 5.82. The predicted octanol–water partition coefficient (Wildman–Crippen LogP) is 2.02. The van der Waals surface area contributed by atoms with Crippen LogP contribution in [-0.4, -0.2) is 32.0 Å². The smallest absolute Gasteiger partial charge is 0.218 e. The Morgan fingerprint density at radius 2 is 1.88 bits per heavy atom. The molecule has 0 aromatic heterocycles. The molecule has 1 rings (SSSR count). The van der Waals surface area contributed by atoms with Crippen molar-refractivity contribution in [1.82, 2.24) is 0 Å². The van der Waals surface area contributed by atoms with Gasteiger partial charge in [-0.3, -0.25) is 0 Å². The van der Waals surface area contributed by atoms with Crippen molar-refractivity contribution in [2.24, 2.45) is 0 Å². The zero-order chi connectivity index (χ0) is 12.2. The van der Waals surface area contributed by atoms with Gasteiger partial charge in [-0.25, -0.2) is 0 Å². The highest BCUT2D eigenvalue weighted by molar-refractivity contribution is 6.84. The number of hydrogen-bond donors (Lipinski definition) is 1. The van der Waals surface area contributed by atoms with E-state index in [2.05, 4.69) is 44.3 Å². The third-order valence-electron chi connectivity index (χ3n) is 2.58. The lowest BCUT2D eigenvalue weighted by atomic mass is 10.2. The fourth-order valence-corrected chi connectivity index (χ4v) is 3.92. The summed E-state index contributed by atoms with van der Waals surface area (Å²) < 4.78 is 5.92. The average molecular weight is 259 g/mol. The van der Waals surface area contributed by atoms with Gasteiger partial charge in [-0.15, -0.1) is 11.6 Å². The Morgan fingerprint density at radius 1 is 1.31 bits per heavy atom. The summed E-state index contributed by atoms with van der Waals surface area (Å²) in [5, 5.41) is 10.3. The minimum absolute atomic E-state index is 0.0220. The third kappa shape index (κ3) is 3.59. The quantitative estimate of drug-likeness (QED) is 0.647. The monoisotopic (exact) mass is 258 g/mol. The van der Waals surface area contributed by atoms with Crippen LogP contribution in [0.5, 0.6) is 0 Å². The van der Waals surface area contributed by atoms with Gasteiger partial charge in [-0.1, -0.05) is 29.8 Å². The molecule has 0 aliphatic rings. The lowest BCUT2D eigenvalue weighted by molar-refractivity contribution is 0.128. The second-order valence-corrected chi connectivity index (χ2v) is 8.60. The highest BCUT2D eigenvalue weighted by atomic mass is 35.5. The fourth-order valence-electron chi connectivity index (χ4n) is 1.56. The van der Waals surface area contributed by atoms with Crippen molar-refractivity contribution >= 4 is 25.1 Å². The van der Waals surface area contributed by atoms with Crippen LogP contribution in [-0.2, 0) is 4.43 Å². The first-order valence-electron chi connectivity index (χ1n) is 5.41. The molecule has 0 fully saturated rings. The first-order valence-corrected chi connectivity index (χ1v) is 8.85. The van der Waals surface area contributed by atoms with Crippen LogP contribution >= 0.6 is 11.6 Å². The Kier molecular flexibility index (Phi) is 4.99. The Balaban J connectivity index is 2.80. The maximum atomic E-state index is 9.09. The van der Waals surface area contributed by atoms with Crippen LogP contribution in [0.1, 0.15) is 5.56 Å². The number of aliphatic hydroxyl groups is 1. The molecular formula is C12H19ClO2Si. The largest absolute Gasteiger partial charge is 0.406 e. The molecular weight excluding hydrogens is 240 g/mol. The molecule has 0 spiro atoms. The van der Waals surface area contributed by atoms with E-state index in [1.54, 1.807) is 0 Å². The van der Waals surface area contributed by atoms with Crippen LogP contribution in [0.2, 0.25) is 13.1 Å². The summed E-state index contributed by atoms with van der Waals surface area (Å²) in [7, 11) is -1.95. The molecule has 0 saturated carbocycles. The molecule has 0 amide bonds. The molecule has 1 aromatic rings. The van der Waals surface area contributed by atoms with Gasteiger partial charge in [0.15, 0.2) is 0 Å². The zero-order valence-corrected chi connectivity index (χ0v) is 11.8. The van der Waals surface area contributed by atoms with E-state index in [4.69, 9.17) is 21.1 Å². The van der Waals surface area contributed by atoms with Crippen molar-refractivity contribution in [2.45, 2.75) is 26.1 Å². The van der Waals surface area contributed by atoms with Crippen LogP contribution in [0.3, 0.4) is 0 Å². The van der Waals surface area contributed by atoms with Gasteiger partial charge < -0.3 is 9.53 Å². The van der Waals surface area contributed by atoms with Gasteiger partial charge in [0.05, 0.1) is 12.7 Å². The number of alkyl halides is 1. The first kappa shape index (κ1) is 13.7. The van der Waals surface area contributed by atoms with Crippen molar-refractivity contribution < 1.29 is 9.53 Å². The van der Waals surface area contributed by atoms with Gasteiger partial charge in [-0.05, 0) is 25.2 Å². The molecule has 4 heteroatoms. The van der Waals surface area contributed by atoms with Crippen LogP contribution in [0.25, 0.3) is 0 Å². The van der Waals surface area contributed by atoms with E-state index < -0.39 is 8.32 Å². The molecule has 0 bridgehead atoms. The molecule has 90 valence electrons. The Bertz CT molecular complexity index is 320. The Morgan fingerprint density at radius 3 is 2.31 bits per heavy atom. The Hall–Kier alpha value is -0.353. The lowest BCUT2D eigenvalue weighted by Crippen LogP contribution is -2.48. The summed E-state index contributed by atoms with van der Waals surface area (Å²) in [5.41, 5.74) is 1.24. The third-order valence-corrected chi connectivity index (χ3v) is 5.57. The van der Waals surface area contributed by atoms with Gasteiger partial charge >= 0.3 is 0 Å². The SMILES string of the molecule is Cc1ccc([Si](C)(C)OC(CO)CCl)cc1. The number of aryl methyl sites for hydroxylation is 1. The van der Waals surface area contributed by atoms with Crippen LogP contribution in [0.15, 0.2) is 24.3 Å². The van der Waals surface area contributed by atoms with E-state index >= 15 is 0 Å². The van der Waals surface area contributed by atoms with Crippen LogP contribution < -0.4 is 5.19 Å². The van der Waals surface area contributed by atoms with Gasteiger partial charge in [0, 0.05) is 5.88 Å². The predicted molar refractivity (Wildman–Crippen MR) is 71.0 cm³/mol. The van der Waals surface area contributed by atoms with E-state index in [9.17, 15) is 0 Å². The van der Waals surface area contributed by atoms with Crippen molar-refractivity contribution in [2.75, 3.05) is 12.5 Å². The molecule has 16 heavy (non-hydrogen) atoms. The van der Waals surface area contributed by atoms with Crippen LogP contribution in [0, 0.1) is 6.92 Å². The normalized spacial score (nSPS) is 13.8. The topological polar surface area (TPSA) is 29.5 Å². The average Bonchev–Trinajstić information content (AvgIpc) is 2.26. The number of hydrogen-bond acceptors (Lipinski definition) is 2. The zero-order valence-electron chi connectivity index (χ0n) is 10.0. The van der Waals surface area contributed by atoms with Crippen molar-refractivity contribution in [1.29, 1.82) is 0 Å². The molecule has 1 aromatic carbocycles. The highest BCUT2D eigenvalue weighted by Crippen LogP contribution is 2.10. The fraction of sp³-hybridized carbons (Fsp3) is 0.500. The molecule has 1 atom stereocenters. The molecule has 2 nitrogen and oxygen atoms in total. The number of halogens is 1. The summed E-state index contributed by atoms with van der Waals surface area (Å²) in [6, 6.07) is 8.37. The number of benzene rings is 1. The summed E-state index contributed by atoms with van der Waals surface area (Å²) in [6.07, 6.45) is -0.260. The maximum Gasteiger partial charge on any atom is 0.218 e. The van der Waals surface area contributed by atoms with Gasteiger partial charge in [0.1, 0.15) is 0 Å². The molecule has 0 aliphatic heterocycles. The second-order valence-electron chi connectivity index (χ2n) is 4.45. The minimum Gasteiger partial charge on any atom is -0.406 e. The van der Waals surface area contributed by atoms with Gasteiger partial charge in [0.25, 0.3) is 0 Å². The summed E-state index contributed by atoms with van der Waals surface area (Å²) >= 11 is 5.72. The van der Waals surface area contributed by atoms with E-state index in [1.165, 1.54) is 10.8 Å². The van der Waals surface area contributed by atoms with Crippen molar-refractivity contribution in [3.8, 4) is 0 Å². The van der Waals surface area contributed by atoms with Gasteiger partial charge in [-0.2, -0.15) is 0 Å². The molecule has 0 heterocycles. The lowest BCUT2D eigenvalue weighted by Gasteiger charge is -2.27. The minimum atomic E-state index is -1.95. The van der Waals surface area contributed by atoms with E-state index in [0.29, 0.717) is 5.88 Å². The van der Waals surface area contributed by atoms with E-state index in [1.807, 2.05) is 0 Å². The highest BCUT2D eigenvalue weighted by Gasteiger charge is 2.28. The first-order chi connectivity index (χ1) is 7.49. The molecule has 1 N–H and O–H groups in total. The Labute approximate surface area is 103 Å². The van der Waals surface area contributed by atoms with Crippen LogP contribution in [0.4, 0.5) is 0 Å². The molecule has 0 aliphatic carbocycles. The van der Waals surface area contributed by atoms with E-state index in [0.717, 1.165) is 0 Å². The molecule has 1 unspecified atom stereocenters. The summed E-state index contributed by atoms with van der Waals surface area (Å²) in [5.74, 6) is 0.332. The number of rotatable bonds is 5. The number of aliphatic hydroxyl groups excluding tert-OH is 1. The standard InChI is InChI=1S/C12H19ClO2Si/c1-10-4-6-12(7-5-10)16(2,3)15-11(8-13)9-14/h4-7,11,14H,8-9H2,1-3H3. The maximum absolute atomic E-state index is 9.09. The molecule has 0 radical (unpaired) electrons. The molecule has 0 saturated heterocycles. The van der Waals surface area contributed by atoms with Gasteiger partial charge in [0.2, 0.25) is 8.32 Å². The van der Waals surface area contributed by atoms with Crippen molar-refractivity contribution in [3.63, 3.8) is 0 Å². The van der Waals surface area contributed by atoms with Crippen molar-refractivity contribution in [3.05, 3.63) is 29.8 Å². The summed E-state index contributed by atoms with van der Waals surface area (Å²) in [6.45, 7) is 6.28. The summed E-state index contributed by atoms with van der Waals surface area (Å²) in [4.78, 5) is 0.